The van der Waals surface area contributed by atoms with Crippen LogP contribution in [0.2, 0.25) is 5.02 Å². The fourth-order valence-corrected chi connectivity index (χ4v) is 1.82. The third-order valence-electron chi connectivity index (χ3n) is 1.81. The molecule has 0 aliphatic rings. The summed E-state index contributed by atoms with van der Waals surface area (Å²) in [5.74, 6) is -0.220. The number of hydrogen-bond donors (Lipinski definition) is 1. The Morgan fingerprint density at radius 1 is 1.62 bits per heavy atom. The molecule has 0 saturated heterocycles. The van der Waals surface area contributed by atoms with Crippen LogP contribution in [-0.4, -0.2) is 6.29 Å². The van der Waals surface area contributed by atoms with Gasteiger partial charge in [-0.25, -0.2) is 0 Å². The maximum Gasteiger partial charge on any atom is 0.127 e. The van der Waals surface area contributed by atoms with Gasteiger partial charge in [0.2, 0.25) is 0 Å². The molecule has 0 heterocycles. The van der Waals surface area contributed by atoms with Crippen molar-refractivity contribution in [1.82, 2.24) is 0 Å². The quantitative estimate of drug-likeness (QED) is 0.658. The van der Waals surface area contributed by atoms with Crippen LogP contribution in [0.25, 0.3) is 0 Å². The van der Waals surface area contributed by atoms with Gasteiger partial charge in [-0.2, -0.15) is 0 Å². The van der Waals surface area contributed by atoms with Gasteiger partial charge >= 0.3 is 0 Å². The summed E-state index contributed by atoms with van der Waals surface area (Å²) in [4.78, 5) is 10.5. The molecule has 13 heavy (non-hydrogen) atoms. The smallest absolute Gasteiger partial charge is 0.127 e. The molecule has 0 fully saturated rings. The average Bonchev–Trinajstić information content (AvgIpc) is 2.10. The van der Waals surface area contributed by atoms with Gasteiger partial charge in [0.05, 0.1) is 0 Å². The number of nitrogens with two attached hydrogens (primary N) is 1. The molecule has 0 amide bonds. The standard InChI is InChI=1S/C9H9BrClNO/c1-5(4-13)6-2-9(12)7(10)3-8(6)11/h2-5H,12H2,1H3. The van der Waals surface area contributed by atoms with Crippen molar-refractivity contribution in [2.75, 3.05) is 5.73 Å². The molecular weight excluding hydrogens is 253 g/mol. The molecule has 4 heteroatoms. The lowest BCUT2D eigenvalue weighted by molar-refractivity contribution is -0.108. The van der Waals surface area contributed by atoms with Crippen molar-refractivity contribution >= 4 is 39.5 Å². The lowest BCUT2D eigenvalue weighted by atomic mass is 10.0. The first-order valence-corrected chi connectivity index (χ1v) is 4.93. The molecule has 1 aromatic rings. The molecule has 1 rings (SSSR count). The van der Waals surface area contributed by atoms with E-state index in [4.69, 9.17) is 17.3 Å². The van der Waals surface area contributed by atoms with E-state index in [9.17, 15) is 4.79 Å². The zero-order valence-corrected chi connectivity index (χ0v) is 9.39. The highest BCUT2D eigenvalue weighted by molar-refractivity contribution is 9.10. The van der Waals surface area contributed by atoms with Crippen LogP contribution in [0.15, 0.2) is 16.6 Å². The topological polar surface area (TPSA) is 43.1 Å². The van der Waals surface area contributed by atoms with Crippen molar-refractivity contribution in [1.29, 1.82) is 0 Å². The molecule has 0 spiro atoms. The molecular formula is C9H9BrClNO. The Labute approximate surface area is 90.2 Å². The largest absolute Gasteiger partial charge is 0.398 e. The van der Waals surface area contributed by atoms with Crippen LogP contribution in [0.1, 0.15) is 18.4 Å². The lowest BCUT2D eigenvalue weighted by Gasteiger charge is -2.09. The second-order valence-corrected chi connectivity index (χ2v) is 4.08. The van der Waals surface area contributed by atoms with Crippen LogP contribution in [-0.2, 0) is 4.79 Å². The Kier molecular flexibility index (Phi) is 3.33. The lowest BCUT2D eigenvalue weighted by Crippen LogP contribution is -1.98. The molecule has 2 N–H and O–H groups in total. The highest BCUT2D eigenvalue weighted by Gasteiger charge is 2.10. The average molecular weight is 263 g/mol. The first-order valence-electron chi connectivity index (χ1n) is 3.76. The molecule has 1 aromatic carbocycles. The number of halogens is 2. The van der Waals surface area contributed by atoms with Crippen LogP contribution in [0.4, 0.5) is 5.69 Å². The van der Waals surface area contributed by atoms with Crippen molar-refractivity contribution in [3.8, 4) is 0 Å². The number of benzene rings is 1. The Bertz CT molecular complexity index is 341. The number of carbonyl (C=O) groups excluding carboxylic acids is 1. The third kappa shape index (κ3) is 2.23. The van der Waals surface area contributed by atoms with E-state index in [1.807, 2.05) is 0 Å². The van der Waals surface area contributed by atoms with E-state index < -0.39 is 0 Å². The number of rotatable bonds is 2. The van der Waals surface area contributed by atoms with Crippen molar-refractivity contribution < 1.29 is 4.79 Å². The molecule has 1 atom stereocenters. The summed E-state index contributed by atoms with van der Waals surface area (Å²) in [5, 5.41) is 0.556. The Morgan fingerprint density at radius 2 is 2.23 bits per heavy atom. The molecule has 0 bridgehead atoms. The zero-order valence-electron chi connectivity index (χ0n) is 7.05. The predicted molar refractivity (Wildman–Crippen MR) is 58.0 cm³/mol. The Balaban J connectivity index is 3.22. The van der Waals surface area contributed by atoms with Crippen LogP contribution in [0, 0.1) is 0 Å². The molecule has 0 radical (unpaired) electrons. The minimum Gasteiger partial charge on any atom is -0.398 e. The van der Waals surface area contributed by atoms with Crippen molar-refractivity contribution in [2.45, 2.75) is 12.8 Å². The SMILES string of the molecule is CC(C=O)c1cc(N)c(Br)cc1Cl. The minimum absolute atomic E-state index is 0.220. The normalized spacial score (nSPS) is 12.5. The van der Waals surface area contributed by atoms with Crippen LogP contribution < -0.4 is 5.73 Å². The van der Waals surface area contributed by atoms with Gasteiger partial charge in [0, 0.05) is 21.1 Å². The summed E-state index contributed by atoms with van der Waals surface area (Å²) in [7, 11) is 0. The predicted octanol–water partition coefficient (Wildman–Crippen LogP) is 2.99. The first-order chi connectivity index (χ1) is 6.06. The van der Waals surface area contributed by atoms with Gasteiger partial charge in [-0.15, -0.1) is 0 Å². The van der Waals surface area contributed by atoms with Gasteiger partial charge in [0.1, 0.15) is 6.29 Å². The second-order valence-electron chi connectivity index (χ2n) is 2.82. The summed E-state index contributed by atoms with van der Waals surface area (Å²) >= 11 is 9.18. The summed E-state index contributed by atoms with van der Waals surface area (Å²) in [6.45, 7) is 1.78. The molecule has 0 aliphatic carbocycles. The number of hydrogen-bond acceptors (Lipinski definition) is 2. The fraction of sp³-hybridized carbons (Fsp3) is 0.222. The van der Waals surface area contributed by atoms with E-state index in [-0.39, 0.29) is 5.92 Å². The fourth-order valence-electron chi connectivity index (χ4n) is 1.01. The summed E-state index contributed by atoms with van der Waals surface area (Å²) in [5.41, 5.74) is 7.01. The van der Waals surface area contributed by atoms with Crippen LogP contribution in [0.5, 0.6) is 0 Å². The molecule has 0 aromatic heterocycles. The number of aldehydes is 1. The highest BCUT2D eigenvalue weighted by atomic mass is 79.9. The van der Waals surface area contributed by atoms with E-state index in [1.54, 1.807) is 19.1 Å². The first kappa shape index (κ1) is 10.5. The number of nitrogen functional groups attached to an aromatic ring is 1. The molecule has 70 valence electrons. The van der Waals surface area contributed by atoms with Gasteiger partial charge in [-0.1, -0.05) is 18.5 Å². The molecule has 1 unspecified atom stereocenters. The summed E-state index contributed by atoms with van der Waals surface area (Å²) < 4.78 is 0.749. The van der Waals surface area contributed by atoms with Gasteiger partial charge in [-0.3, -0.25) is 0 Å². The Morgan fingerprint density at radius 3 is 2.77 bits per heavy atom. The van der Waals surface area contributed by atoms with Crippen molar-refractivity contribution in [3.63, 3.8) is 0 Å². The van der Waals surface area contributed by atoms with Crippen molar-refractivity contribution in [3.05, 3.63) is 27.2 Å². The van der Waals surface area contributed by atoms with E-state index >= 15 is 0 Å². The van der Waals surface area contributed by atoms with Gasteiger partial charge in [0.25, 0.3) is 0 Å². The number of carbonyl (C=O) groups is 1. The maximum absolute atomic E-state index is 10.5. The van der Waals surface area contributed by atoms with Crippen LogP contribution >= 0.6 is 27.5 Å². The summed E-state index contributed by atoms with van der Waals surface area (Å²) in [6.07, 6.45) is 0.842. The van der Waals surface area contributed by atoms with E-state index in [0.29, 0.717) is 10.7 Å². The monoisotopic (exact) mass is 261 g/mol. The third-order valence-corrected chi connectivity index (χ3v) is 2.82. The van der Waals surface area contributed by atoms with Gasteiger partial charge < -0.3 is 10.5 Å². The zero-order chi connectivity index (χ0) is 10.0. The molecule has 0 saturated carbocycles. The highest BCUT2D eigenvalue weighted by Crippen LogP contribution is 2.31. The van der Waals surface area contributed by atoms with E-state index in [1.165, 1.54) is 0 Å². The summed E-state index contributed by atoms with van der Waals surface area (Å²) in [6, 6.07) is 3.41. The maximum atomic E-state index is 10.5. The Hall–Kier alpha value is -0.540. The minimum atomic E-state index is -0.220. The second kappa shape index (κ2) is 4.11. The van der Waals surface area contributed by atoms with Crippen LogP contribution in [0.3, 0.4) is 0 Å². The van der Waals surface area contributed by atoms with E-state index in [0.717, 1.165) is 16.3 Å². The van der Waals surface area contributed by atoms with Crippen molar-refractivity contribution in [2.24, 2.45) is 0 Å². The molecule has 0 aliphatic heterocycles. The van der Waals surface area contributed by atoms with Gasteiger partial charge in [0.15, 0.2) is 0 Å². The number of anilines is 1. The molecule has 2 nitrogen and oxygen atoms in total. The van der Waals surface area contributed by atoms with E-state index in [2.05, 4.69) is 15.9 Å². The van der Waals surface area contributed by atoms with Gasteiger partial charge in [-0.05, 0) is 33.6 Å².